The molecule has 0 aliphatic carbocycles. The molecule has 0 aliphatic rings. The summed E-state index contributed by atoms with van der Waals surface area (Å²) in [5.41, 5.74) is 0. The van der Waals surface area contributed by atoms with Crippen LogP contribution in [-0.4, -0.2) is 0 Å². The first-order valence-corrected chi connectivity index (χ1v) is 0. The first kappa shape index (κ1) is 37.5. The van der Waals surface area contributed by atoms with Crippen molar-refractivity contribution < 1.29 is 66.5 Å². The molecule has 0 rings (SSSR count). The summed E-state index contributed by atoms with van der Waals surface area (Å²) >= 11 is 0. The van der Waals surface area contributed by atoms with Crippen LogP contribution in [0.2, 0.25) is 0 Å². The van der Waals surface area contributed by atoms with E-state index in [-0.39, 0.29) is 66.5 Å². The fourth-order valence-electron chi connectivity index (χ4n) is 0. The van der Waals surface area contributed by atoms with Crippen LogP contribution in [0.5, 0.6) is 0 Å². The molecule has 0 unspecified atom stereocenters. The molecule has 0 amide bonds. The zero-order valence-corrected chi connectivity index (χ0v) is 5.37. The average Bonchev–Trinajstić information content (AvgIpc) is 0. The van der Waals surface area contributed by atoms with Gasteiger partial charge >= 0.3 is 66.5 Å². The second-order valence-corrected chi connectivity index (χ2v) is 0. The third-order valence-corrected chi connectivity index (χ3v) is 0. The Morgan fingerprint density at radius 3 is 0.500 bits per heavy atom. The van der Waals surface area contributed by atoms with Crippen molar-refractivity contribution in [3.05, 3.63) is 0 Å². The smallest absolute Gasteiger partial charge is 2.00 e. The Morgan fingerprint density at radius 2 is 0.500 bits per heavy atom. The van der Waals surface area contributed by atoms with E-state index in [1.54, 1.807) is 0 Å². The van der Waals surface area contributed by atoms with E-state index in [0.29, 0.717) is 0 Å². The maximum Gasteiger partial charge on any atom is 2.00 e. The number of rotatable bonds is 0. The van der Waals surface area contributed by atoms with Gasteiger partial charge in [0, 0.05) is 0 Å². The van der Waals surface area contributed by atoms with Gasteiger partial charge in [-0.1, -0.05) is 0 Å². The van der Waals surface area contributed by atoms with Crippen molar-refractivity contribution in [1.82, 2.24) is 0 Å². The molecule has 0 nitrogen and oxygen atoms in total. The van der Waals surface area contributed by atoms with Crippen molar-refractivity contribution >= 4 is 0 Å². The van der Waals surface area contributed by atoms with E-state index in [4.69, 9.17) is 0 Å². The third kappa shape index (κ3) is 9.00. The van der Waals surface area contributed by atoms with Gasteiger partial charge in [0.1, 0.15) is 0 Å². The van der Waals surface area contributed by atoms with Crippen LogP contribution < -0.4 is 0 Å². The van der Waals surface area contributed by atoms with Crippen molar-refractivity contribution in [2.45, 2.75) is 0 Å². The maximum absolute atomic E-state index is 0. The molecule has 30 valence electrons. The van der Waals surface area contributed by atoms with Crippen LogP contribution in [0, 0.1) is 0 Å². The van der Waals surface area contributed by atoms with Crippen LogP contribution in [0.4, 0.5) is 0 Å². The minimum Gasteiger partial charge on any atom is 2.00 e. The zero-order valence-electron chi connectivity index (χ0n) is 1.30. The molecule has 0 atom stereocenters. The summed E-state index contributed by atoms with van der Waals surface area (Å²) in [4.78, 5) is 0. The van der Waals surface area contributed by atoms with Crippen LogP contribution >= 0.6 is 0 Å². The van der Waals surface area contributed by atoms with Crippen molar-refractivity contribution in [2.75, 3.05) is 0 Å². The van der Waals surface area contributed by atoms with Gasteiger partial charge in [-0.15, -0.1) is 0 Å². The van der Waals surface area contributed by atoms with Crippen LogP contribution in [0.25, 0.3) is 0 Å². The predicted molar refractivity (Wildman–Crippen MR) is 0 cm³/mol. The van der Waals surface area contributed by atoms with Crippen molar-refractivity contribution in [3.8, 4) is 0 Å². The molecule has 0 N–H and O–H groups in total. The fraction of sp³-hybridized carbons (Fsp3) is 0. The molecule has 0 aromatic heterocycles. The van der Waals surface area contributed by atoms with Gasteiger partial charge in [-0.25, -0.2) is 0 Å². The largest absolute Gasteiger partial charge is 2.00 e. The van der Waals surface area contributed by atoms with Gasteiger partial charge in [-0.05, 0) is 0 Å². The molecule has 0 radical (unpaired) electrons. The van der Waals surface area contributed by atoms with E-state index < -0.39 is 0 Å². The van der Waals surface area contributed by atoms with E-state index in [1.165, 1.54) is 0 Å². The van der Waals surface area contributed by atoms with Gasteiger partial charge in [-0.3, -0.25) is 0 Å². The third-order valence-electron chi connectivity index (χ3n) is 0. The summed E-state index contributed by atoms with van der Waals surface area (Å²) < 4.78 is 0. The average molecular weight is 232 g/mol. The van der Waals surface area contributed by atoms with Gasteiger partial charge in [0.25, 0.3) is 0 Å². The summed E-state index contributed by atoms with van der Waals surface area (Å²) in [6, 6.07) is 0. The molecule has 4 heteroatoms. The molecular weight excluding hydrogens is 232 g/mol. The van der Waals surface area contributed by atoms with E-state index in [1.807, 2.05) is 0 Å². The van der Waals surface area contributed by atoms with Crippen molar-refractivity contribution in [1.29, 1.82) is 0 Å². The quantitative estimate of drug-likeness (QED) is 0.515. The SMILES string of the molecule is [Fe+2].[Ni+2].[Ni+2].[Ni+2]. The summed E-state index contributed by atoms with van der Waals surface area (Å²) in [6.07, 6.45) is 0. The molecule has 0 spiro atoms. The molecule has 0 heterocycles. The number of hydrogen-bond donors (Lipinski definition) is 0. The van der Waals surface area contributed by atoms with Crippen LogP contribution in [0.3, 0.4) is 0 Å². The molecule has 0 bridgehead atoms. The molecule has 0 aromatic rings. The second-order valence-electron chi connectivity index (χ2n) is 0. The Morgan fingerprint density at radius 1 is 0.500 bits per heavy atom. The Hall–Kier alpha value is 2.00. The van der Waals surface area contributed by atoms with Gasteiger partial charge in [0.05, 0.1) is 0 Å². The van der Waals surface area contributed by atoms with E-state index in [0.717, 1.165) is 0 Å². The number of hydrogen-bond acceptors (Lipinski definition) is 0. The first-order valence-electron chi connectivity index (χ1n) is 0. The maximum atomic E-state index is 0. The van der Waals surface area contributed by atoms with Gasteiger partial charge in [0.2, 0.25) is 0 Å². The molecule has 4 heavy (non-hydrogen) atoms. The topological polar surface area (TPSA) is 0 Å². The van der Waals surface area contributed by atoms with Crippen LogP contribution in [0.15, 0.2) is 0 Å². The minimum absolute atomic E-state index is 0. The molecule has 0 saturated carbocycles. The molecule has 0 aliphatic heterocycles. The Bertz CT molecular complexity index is 3.25. The standard InChI is InChI=1S/Fe.3Ni/q4*+2. The van der Waals surface area contributed by atoms with Crippen molar-refractivity contribution in [3.63, 3.8) is 0 Å². The summed E-state index contributed by atoms with van der Waals surface area (Å²) in [6.45, 7) is 0. The molecular formula is FeNi3+8. The zero-order chi connectivity index (χ0) is 0. The van der Waals surface area contributed by atoms with Gasteiger partial charge in [-0.2, -0.15) is 0 Å². The molecule has 0 aromatic carbocycles. The fourth-order valence-corrected chi connectivity index (χ4v) is 0. The van der Waals surface area contributed by atoms with E-state index in [2.05, 4.69) is 0 Å². The summed E-state index contributed by atoms with van der Waals surface area (Å²) in [5, 5.41) is 0. The molecule has 0 fully saturated rings. The van der Waals surface area contributed by atoms with E-state index in [9.17, 15) is 0 Å². The van der Waals surface area contributed by atoms with Gasteiger partial charge in [0.15, 0.2) is 0 Å². The minimum atomic E-state index is 0. The van der Waals surface area contributed by atoms with Crippen molar-refractivity contribution in [2.24, 2.45) is 0 Å². The second kappa shape index (κ2) is 20.0. The summed E-state index contributed by atoms with van der Waals surface area (Å²) in [7, 11) is 0. The Kier molecular flexibility index (Phi) is 188. The first-order chi connectivity index (χ1) is 0. The van der Waals surface area contributed by atoms with Gasteiger partial charge < -0.3 is 0 Å². The van der Waals surface area contributed by atoms with Crippen LogP contribution in [-0.2, 0) is 66.5 Å². The van der Waals surface area contributed by atoms with E-state index >= 15 is 0 Å². The normalized spacial score (nSPS) is 0. The monoisotopic (exact) mass is 230 g/mol. The Balaban J connectivity index is 0. The Labute approximate surface area is 66.1 Å². The molecule has 0 saturated heterocycles. The van der Waals surface area contributed by atoms with Crippen LogP contribution in [0.1, 0.15) is 0 Å². The summed E-state index contributed by atoms with van der Waals surface area (Å²) in [5.74, 6) is 0. The predicted octanol–water partition coefficient (Wildman–Crippen LogP) is -0.0100.